The highest BCUT2D eigenvalue weighted by Crippen LogP contribution is 2.65. The number of hydrogen-bond acceptors (Lipinski definition) is 2. The lowest BCUT2D eigenvalue weighted by atomic mass is 9.70. The van der Waals surface area contributed by atoms with Crippen LogP contribution in [-0.4, -0.2) is 9.97 Å². The van der Waals surface area contributed by atoms with Crippen LogP contribution in [0.4, 0.5) is 0 Å². The van der Waals surface area contributed by atoms with Gasteiger partial charge < -0.3 is 0 Å². The Morgan fingerprint density at radius 2 is 0.405 bits per heavy atom. The van der Waals surface area contributed by atoms with E-state index in [1.807, 2.05) is 0 Å². The Labute approximate surface area is 488 Å². The maximum atomic E-state index is 5.80. The lowest BCUT2D eigenvalue weighted by Crippen LogP contribution is -2.25. The number of hydrogen-bond donors (Lipinski definition) is 0. The molecule has 4 aliphatic rings. The van der Waals surface area contributed by atoms with Crippen LogP contribution in [0, 0.1) is 0 Å². The summed E-state index contributed by atoms with van der Waals surface area (Å²) in [6.45, 7) is 0. The Hall–Kier alpha value is -10.8. The molecule has 0 aliphatic heterocycles. The van der Waals surface area contributed by atoms with E-state index in [2.05, 4.69) is 303 Å². The second kappa shape index (κ2) is 17.8. The molecule has 388 valence electrons. The summed E-state index contributed by atoms with van der Waals surface area (Å²) in [4.78, 5) is 11.6. The van der Waals surface area contributed by atoms with E-state index in [4.69, 9.17) is 9.97 Å². The third-order valence-corrected chi connectivity index (χ3v) is 19.0. The Balaban J connectivity index is 0.791. The summed E-state index contributed by atoms with van der Waals surface area (Å²) in [6.07, 6.45) is 0. The average molecular weight is 1060 g/mol. The SMILES string of the molecule is c1ccc(-c2ccc(-c3ccccc3)c3nc(-c4ccc(-c5ccc6c(c5)C5(c7ccccc7-c7ccccc75)c5ccccc5-6)cc4)c(-c4ccc(-c5ccc6c(c5)C5(c7ccccc7-c7ccccc75)c5ccccc5-6)cc4)nc23)cc1. The van der Waals surface area contributed by atoms with Gasteiger partial charge in [0.1, 0.15) is 0 Å². The summed E-state index contributed by atoms with van der Waals surface area (Å²) >= 11 is 0. The molecular formula is C82H50N2. The van der Waals surface area contributed by atoms with E-state index >= 15 is 0 Å². The molecule has 2 heteroatoms. The Morgan fingerprint density at radius 1 is 0.167 bits per heavy atom. The average Bonchev–Trinajstić information content (AvgIpc) is 2.71. The van der Waals surface area contributed by atoms with Gasteiger partial charge in [-0.25, -0.2) is 9.97 Å². The van der Waals surface area contributed by atoms with Crippen LogP contribution < -0.4 is 0 Å². The van der Waals surface area contributed by atoms with Gasteiger partial charge in [-0.1, -0.05) is 291 Å². The van der Waals surface area contributed by atoms with Gasteiger partial charge in [-0.3, -0.25) is 0 Å². The van der Waals surface area contributed by atoms with E-state index in [1.54, 1.807) is 0 Å². The molecular weight excluding hydrogens is 1010 g/mol. The van der Waals surface area contributed by atoms with Crippen molar-refractivity contribution >= 4 is 11.0 Å². The molecule has 0 unspecified atom stereocenters. The highest BCUT2D eigenvalue weighted by Gasteiger charge is 2.53. The standard InChI is InChI=1S/C82H50N2/c1-3-19-53(20-4-1)59-47-48-60(54-21-5-2-6-22-54)80-79(59)83-77(55-39-35-51(36-40-55)57-43-45-67-65-27-11-17-33-73(65)81(75(67)49-57)69-29-13-7-23-61(69)62-24-8-14-30-70(62)81)78(84-80)56-41-37-52(38-42-56)58-44-46-68-66-28-12-18-34-74(66)82(76(68)50-58)71-31-15-9-25-63(71)64-26-10-16-32-72(64)82/h1-50H. The molecule has 0 saturated carbocycles. The van der Waals surface area contributed by atoms with Gasteiger partial charge >= 0.3 is 0 Å². The largest absolute Gasteiger partial charge is 0.243 e. The first-order valence-electron chi connectivity index (χ1n) is 29.2. The van der Waals surface area contributed by atoms with Crippen LogP contribution >= 0.6 is 0 Å². The third kappa shape index (κ3) is 6.40. The van der Waals surface area contributed by atoms with Crippen molar-refractivity contribution in [2.24, 2.45) is 0 Å². The number of nitrogens with zero attached hydrogens (tertiary/aromatic N) is 2. The molecule has 0 amide bonds. The molecule has 0 fully saturated rings. The second-order valence-corrected chi connectivity index (χ2v) is 23.0. The van der Waals surface area contributed by atoms with Gasteiger partial charge in [0, 0.05) is 22.3 Å². The first-order valence-corrected chi connectivity index (χ1v) is 29.2. The van der Waals surface area contributed by atoms with Crippen LogP contribution in [0.5, 0.6) is 0 Å². The Kier molecular flexibility index (Phi) is 9.97. The normalized spacial score (nSPS) is 13.7. The quantitative estimate of drug-likeness (QED) is 0.166. The fourth-order valence-corrected chi connectivity index (χ4v) is 15.4. The fraction of sp³-hybridized carbons (Fsp3) is 0.0244. The van der Waals surface area contributed by atoms with E-state index in [9.17, 15) is 0 Å². The third-order valence-electron chi connectivity index (χ3n) is 19.0. The Bertz CT molecular complexity index is 4610. The maximum absolute atomic E-state index is 5.80. The molecule has 13 aromatic carbocycles. The molecule has 0 N–H and O–H groups in total. The topological polar surface area (TPSA) is 25.8 Å². The molecule has 1 heterocycles. The number of aromatic nitrogens is 2. The van der Waals surface area contributed by atoms with Crippen molar-refractivity contribution < 1.29 is 0 Å². The van der Waals surface area contributed by atoms with Gasteiger partial charge in [0.25, 0.3) is 0 Å². The molecule has 2 spiro atoms. The van der Waals surface area contributed by atoms with Gasteiger partial charge in [-0.2, -0.15) is 0 Å². The van der Waals surface area contributed by atoms with Crippen molar-refractivity contribution in [1.29, 1.82) is 0 Å². The van der Waals surface area contributed by atoms with Crippen molar-refractivity contribution in [1.82, 2.24) is 9.97 Å². The zero-order valence-electron chi connectivity index (χ0n) is 45.8. The van der Waals surface area contributed by atoms with Crippen LogP contribution in [0.15, 0.2) is 303 Å². The van der Waals surface area contributed by atoms with Crippen LogP contribution in [0.3, 0.4) is 0 Å². The predicted molar refractivity (Wildman–Crippen MR) is 345 cm³/mol. The fourth-order valence-electron chi connectivity index (χ4n) is 15.4. The smallest absolute Gasteiger partial charge is 0.0979 e. The number of benzene rings is 13. The molecule has 18 rings (SSSR count). The second-order valence-electron chi connectivity index (χ2n) is 23.0. The number of fused-ring (bicyclic) bond motifs is 21. The maximum Gasteiger partial charge on any atom is 0.0979 e. The van der Waals surface area contributed by atoms with Crippen molar-refractivity contribution in [3.05, 3.63) is 348 Å². The van der Waals surface area contributed by atoms with Gasteiger partial charge in [0.2, 0.25) is 0 Å². The lowest BCUT2D eigenvalue weighted by Gasteiger charge is -2.30. The first kappa shape index (κ1) is 46.9. The van der Waals surface area contributed by atoms with Crippen LogP contribution in [0.1, 0.15) is 44.5 Å². The summed E-state index contributed by atoms with van der Waals surface area (Å²) < 4.78 is 0. The zero-order chi connectivity index (χ0) is 55.1. The molecule has 0 radical (unpaired) electrons. The summed E-state index contributed by atoms with van der Waals surface area (Å²) in [7, 11) is 0. The molecule has 0 bridgehead atoms. The van der Waals surface area contributed by atoms with Crippen LogP contribution in [0.25, 0.3) is 123 Å². The summed E-state index contributed by atoms with van der Waals surface area (Å²) in [6, 6.07) is 112. The van der Waals surface area contributed by atoms with E-state index in [-0.39, 0.29) is 0 Å². The summed E-state index contributed by atoms with van der Waals surface area (Å²) in [5.41, 5.74) is 34.7. The molecule has 2 nitrogen and oxygen atoms in total. The minimum absolute atomic E-state index is 0.418. The summed E-state index contributed by atoms with van der Waals surface area (Å²) in [5.74, 6) is 0. The molecule has 1 aromatic heterocycles. The van der Waals surface area contributed by atoms with Gasteiger partial charge in [0.05, 0.1) is 33.3 Å². The van der Waals surface area contributed by atoms with E-state index in [1.165, 1.54) is 100 Å². The highest BCUT2D eigenvalue weighted by atomic mass is 14.8. The van der Waals surface area contributed by atoms with Crippen LogP contribution in [-0.2, 0) is 10.8 Å². The first-order chi connectivity index (χ1) is 41.7. The predicted octanol–water partition coefficient (Wildman–Crippen LogP) is 20.3. The molecule has 84 heavy (non-hydrogen) atoms. The molecule has 0 atom stereocenters. The van der Waals surface area contributed by atoms with Crippen molar-refractivity contribution in [3.8, 4) is 112 Å². The van der Waals surface area contributed by atoms with Crippen LogP contribution in [0.2, 0.25) is 0 Å². The lowest BCUT2D eigenvalue weighted by molar-refractivity contribution is 0.794. The van der Waals surface area contributed by atoms with E-state index < -0.39 is 10.8 Å². The Morgan fingerprint density at radius 3 is 0.714 bits per heavy atom. The van der Waals surface area contributed by atoms with Crippen molar-refractivity contribution in [2.45, 2.75) is 10.8 Å². The number of rotatable bonds is 6. The molecule has 4 aliphatic carbocycles. The van der Waals surface area contributed by atoms with E-state index in [0.29, 0.717) is 0 Å². The van der Waals surface area contributed by atoms with Gasteiger partial charge in [-0.15, -0.1) is 0 Å². The minimum atomic E-state index is -0.418. The summed E-state index contributed by atoms with van der Waals surface area (Å²) in [5, 5.41) is 0. The van der Waals surface area contributed by atoms with Crippen molar-refractivity contribution in [2.75, 3.05) is 0 Å². The van der Waals surface area contributed by atoms with Gasteiger partial charge in [-0.05, 0) is 135 Å². The molecule has 14 aromatic rings. The van der Waals surface area contributed by atoms with E-state index in [0.717, 1.165) is 66.9 Å². The minimum Gasteiger partial charge on any atom is -0.243 e. The monoisotopic (exact) mass is 1060 g/mol. The zero-order valence-corrected chi connectivity index (χ0v) is 45.8. The highest BCUT2D eigenvalue weighted by molar-refractivity contribution is 6.04. The van der Waals surface area contributed by atoms with Crippen molar-refractivity contribution in [3.63, 3.8) is 0 Å². The molecule has 0 saturated heterocycles. The van der Waals surface area contributed by atoms with Gasteiger partial charge in [0.15, 0.2) is 0 Å².